The van der Waals surface area contributed by atoms with Crippen molar-refractivity contribution in [2.45, 2.75) is 25.5 Å². The molecule has 0 aliphatic heterocycles. The quantitative estimate of drug-likeness (QED) is 0.294. The smallest absolute Gasteiger partial charge is 0.424 e. The SMILES string of the molecule is CC(C)(C)[S-](=O)=O.[Na+]. The molecule has 0 bridgehead atoms. The zero-order chi connectivity index (χ0) is 6.08. The van der Waals surface area contributed by atoms with E-state index < -0.39 is 15.5 Å². The second-order valence-corrected chi connectivity index (χ2v) is 4.04. The van der Waals surface area contributed by atoms with Crippen LogP contribution in [-0.4, -0.2) is 4.75 Å². The molecule has 0 amide bonds. The molecule has 0 radical (unpaired) electrons. The fraction of sp³-hybridized carbons (Fsp3) is 1.00. The van der Waals surface area contributed by atoms with Gasteiger partial charge in [-0.2, -0.15) is 0 Å². The minimum atomic E-state index is -1.93. The Hall–Kier alpha value is 0.950. The largest absolute Gasteiger partial charge is 1.00 e. The van der Waals surface area contributed by atoms with Crippen LogP contribution in [0.15, 0.2) is 0 Å². The topological polar surface area (TPSA) is 34.1 Å². The van der Waals surface area contributed by atoms with Gasteiger partial charge in [0.25, 0.3) is 0 Å². The van der Waals surface area contributed by atoms with Crippen LogP contribution in [-0.2, 0) is 19.1 Å². The van der Waals surface area contributed by atoms with Crippen LogP contribution in [0.25, 0.3) is 0 Å². The zero-order valence-corrected chi connectivity index (χ0v) is 8.54. The fourth-order valence-corrected chi connectivity index (χ4v) is 0. The molecule has 0 saturated carbocycles. The average molecular weight is 144 g/mol. The van der Waals surface area contributed by atoms with Gasteiger partial charge in [0.1, 0.15) is 0 Å². The second kappa shape index (κ2) is 3.88. The van der Waals surface area contributed by atoms with Crippen molar-refractivity contribution in [3.05, 3.63) is 0 Å². The molecule has 8 heavy (non-hydrogen) atoms. The number of rotatable bonds is 0. The van der Waals surface area contributed by atoms with Gasteiger partial charge in [-0.3, -0.25) is 0 Å². The Labute approximate surface area is 73.9 Å². The standard InChI is InChI=1S/C4H9O2S.Na/c1-4(2,3)7(5)6;/h1-3H3;/q-1;+1. The van der Waals surface area contributed by atoms with Gasteiger partial charge in [-0.25, -0.2) is 0 Å². The van der Waals surface area contributed by atoms with Crippen LogP contribution in [0.1, 0.15) is 20.8 Å². The van der Waals surface area contributed by atoms with Crippen molar-refractivity contribution in [2.24, 2.45) is 0 Å². The Bertz CT molecular complexity index is 114. The molecule has 0 aromatic carbocycles. The van der Waals surface area contributed by atoms with Gasteiger partial charge in [0.15, 0.2) is 0 Å². The maximum Gasteiger partial charge on any atom is 1.00 e. The third kappa shape index (κ3) is 5.09. The van der Waals surface area contributed by atoms with E-state index in [-0.39, 0.29) is 29.6 Å². The maximum atomic E-state index is 10.0. The third-order valence-corrected chi connectivity index (χ3v) is 1.50. The van der Waals surface area contributed by atoms with E-state index in [1.165, 1.54) is 0 Å². The summed E-state index contributed by atoms with van der Waals surface area (Å²) < 4.78 is 19.5. The van der Waals surface area contributed by atoms with Gasteiger partial charge in [0, 0.05) is 0 Å². The Kier molecular flexibility index (Phi) is 5.68. The minimum absolute atomic E-state index is 0. The predicted molar refractivity (Wildman–Crippen MR) is 28.5 cm³/mol. The molecular formula is C4H9NaO2S. The number of hydrogen-bond donors (Lipinski definition) is 0. The van der Waals surface area contributed by atoms with Crippen molar-refractivity contribution in [1.29, 1.82) is 0 Å². The molecular weight excluding hydrogens is 135 g/mol. The predicted octanol–water partition coefficient (Wildman–Crippen LogP) is -1.90. The van der Waals surface area contributed by atoms with E-state index in [4.69, 9.17) is 0 Å². The molecule has 0 fully saturated rings. The first kappa shape index (κ1) is 11.7. The summed E-state index contributed by atoms with van der Waals surface area (Å²) in [7, 11) is -1.93. The van der Waals surface area contributed by atoms with Crippen molar-refractivity contribution in [2.75, 3.05) is 0 Å². The molecule has 0 atom stereocenters. The third-order valence-electron chi connectivity index (χ3n) is 0.500. The summed E-state index contributed by atoms with van der Waals surface area (Å²) >= 11 is 0. The zero-order valence-electron chi connectivity index (χ0n) is 5.72. The molecule has 4 heteroatoms. The Morgan fingerprint density at radius 2 is 1.25 bits per heavy atom. The first-order chi connectivity index (χ1) is 2.94. The van der Waals surface area contributed by atoms with Crippen molar-refractivity contribution >= 4 is 10.7 Å². The Balaban J connectivity index is 0. The van der Waals surface area contributed by atoms with E-state index >= 15 is 0 Å². The minimum Gasteiger partial charge on any atom is -0.424 e. The Morgan fingerprint density at radius 3 is 1.25 bits per heavy atom. The Morgan fingerprint density at radius 1 is 1.12 bits per heavy atom. The molecule has 0 aliphatic rings. The van der Waals surface area contributed by atoms with Crippen LogP contribution < -0.4 is 29.6 Å². The molecule has 0 unspecified atom stereocenters. The van der Waals surface area contributed by atoms with Crippen LogP contribution in [0.5, 0.6) is 0 Å². The molecule has 0 aromatic heterocycles. The maximum absolute atomic E-state index is 10.0. The molecule has 0 aliphatic carbocycles. The second-order valence-electron chi connectivity index (χ2n) is 2.35. The summed E-state index contributed by atoms with van der Waals surface area (Å²) in [5.41, 5.74) is 0. The monoisotopic (exact) mass is 144 g/mol. The molecule has 0 rings (SSSR count). The molecule has 0 aromatic rings. The van der Waals surface area contributed by atoms with Gasteiger partial charge in [-0.05, 0) is 0 Å². The summed E-state index contributed by atoms with van der Waals surface area (Å²) in [6.07, 6.45) is 0. The van der Waals surface area contributed by atoms with Crippen LogP contribution in [0, 0.1) is 0 Å². The van der Waals surface area contributed by atoms with Gasteiger partial charge >= 0.3 is 29.6 Å². The average Bonchev–Trinajstić information content (AvgIpc) is 1.31. The van der Waals surface area contributed by atoms with Gasteiger partial charge in [0.05, 0.1) is 0 Å². The van der Waals surface area contributed by atoms with E-state index in [0.717, 1.165) is 0 Å². The van der Waals surface area contributed by atoms with Gasteiger partial charge in [-0.15, -0.1) is 0 Å². The molecule has 0 heterocycles. The van der Waals surface area contributed by atoms with Gasteiger partial charge < -0.3 is 8.42 Å². The molecule has 44 valence electrons. The van der Waals surface area contributed by atoms with Crippen molar-refractivity contribution in [1.82, 2.24) is 0 Å². The van der Waals surface area contributed by atoms with Crippen molar-refractivity contribution in [3.8, 4) is 0 Å². The van der Waals surface area contributed by atoms with E-state index in [2.05, 4.69) is 0 Å². The van der Waals surface area contributed by atoms with Crippen LogP contribution in [0.3, 0.4) is 0 Å². The van der Waals surface area contributed by atoms with E-state index in [9.17, 15) is 8.42 Å². The number of hydrogen-bond acceptors (Lipinski definition) is 3. The van der Waals surface area contributed by atoms with Crippen LogP contribution >= 0.6 is 0 Å². The molecule has 0 saturated heterocycles. The van der Waals surface area contributed by atoms with Crippen LogP contribution in [0.4, 0.5) is 0 Å². The first-order valence-electron chi connectivity index (χ1n) is 2.04. The summed E-state index contributed by atoms with van der Waals surface area (Å²) in [6, 6.07) is 0. The fourth-order valence-electron chi connectivity index (χ4n) is 0. The summed E-state index contributed by atoms with van der Waals surface area (Å²) in [4.78, 5) is 0. The van der Waals surface area contributed by atoms with Gasteiger partial charge in [0.2, 0.25) is 0 Å². The van der Waals surface area contributed by atoms with E-state index in [1.54, 1.807) is 20.8 Å². The van der Waals surface area contributed by atoms with E-state index in [0.29, 0.717) is 0 Å². The molecule has 0 spiro atoms. The van der Waals surface area contributed by atoms with Crippen LogP contribution in [0.2, 0.25) is 0 Å². The molecule has 0 N–H and O–H groups in total. The van der Waals surface area contributed by atoms with Gasteiger partial charge in [-0.1, -0.05) is 36.2 Å². The normalized spacial score (nSPS) is 11.0. The first-order valence-corrected chi connectivity index (χ1v) is 3.11. The molecule has 2 nitrogen and oxygen atoms in total. The van der Waals surface area contributed by atoms with Crippen molar-refractivity contribution in [3.63, 3.8) is 0 Å². The summed E-state index contributed by atoms with van der Waals surface area (Å²) in [5, 5.41) is 0. The van der Waals surface area contributed by atoms with Crippen molar-refractivity contribution < 1.29 is 38.0 Å². The van der Waals surface area contributed by atoms with E-state index in [1.807, 2.05) is 0 Å². The summed E-state index contributed by atoms with van der Waals surface area (Å²) in [5.74, 6) is 0. The summed E-state index contributed by atoms with van der Waals surface area (Å²) in [6.45, 7) is 4.95.